The lowest BCUT2D eigenvalue weighted by molar-refractivity contribution is -0.140. The van der Waals surface area contributed by atoms with Gasteiger partial charge in [0, 0.05) is 19.0 Å². The zero-order valence-electron chi connectivity index (χ0n) is 14.8. The van der Waals surface area contributed by atoms with Crippen LogP contribution in [-0.2, 0) is 16.1 Å². The summed E-state index contributed by atoms with van der Waals surface area (Å²) in [5.74, 6) is 0.576. The van der Waals surface area contributed by atoms with Crippen molar-refractivity contribution in [1.29, 1.82) is 0 Å². The van der Waals surface area contributed by atoms with E-state index < -0.39 is 6.04 Å². The number of methoxy groups -OCH3 is 1. The van der Waals surface area contributed by atoms with E-state index >= 15 is 0 Å². The first-order chi connectivity index (χ1) is 10.9. The molecule has 2 atom stereocenters. The third-order valence-corrected chi connectivity index (χ3v) is 3.96. The van der Waals surface area contributed by atoms with Crippen LogP contribution in [0.25, 0.3) is 0 Å². The monoisotopic (exact) mass is 320 g/mol. The number of amides is 2. The molecule has 0 aliphatic heterocycles. The third kappa shape index (κ3) is 5.58. The summed E-state index contributed by atoms with van der Waals surface area (Å²) in [5.41, 5.74) is 0.939. The van der Waals surface area contributed by atoms with Crippen LogP contribution < -0.4 is 10.1 Å². The van der Waals surface area contributed by atoms with Crippen LogP contribution in [-0.4, -0.2) is 35.9 Å². The average Bonchev–Trinajstić information content (AvgIpc) is 2.58. The Morgan fingerprint density at radius 1 is 1.26 bits per heavy atom. The Labute approximate surface area is 139 Å². The van der Waals surface area contributed by atoms with Crippen molar-refractivity contribution in [2.75, 3.05) is 7.11 Å². The minimum absolute atomic E-state index is 0.0420. The first-order valence-corrected chi connectivity index (χ1v) is 8.15. The number of hydrogen-bond donors (Lipinski definition) is 1. The van der Waals surface area contributed by atoms with Crippen LogP contribution >= 0.6 is 0 Å². The highest BCUT2D eigenvalue weighted by atomic mass is 16.5. The van der Waals surface area contributed by atoms with E-state index in [0.29, 0.717) is 13.0 Å². The van der Waals surface area contributed by atoms with Gasteiger partial charge in [-0.1, -0.05) is 26.0 Å². The predicted molar refractivity (Wildman–Crippen MR) is 91.2 cm³/mol. The Morgan fingerprint density at radius 2 is 1.96 bits per heavy atom. The molecule has 0 aliphatic rings. The van der Waals surface area contributed by atoms with Gasteiger partial charge in [-0.05, 0) is 38.0 Å². The van der Waals surface area contributed by atoms with Crippen LogP contribution in [0.2, 0.25) is 0 Å². The molecule has 0 fully saturated rings. The van der Waals surface area contributed by atoms with Gasteiger partial charge in [-0.2, -0.15) is 0 Å². The number of benzene rings is 1. The highest BCUT2D eigenvalue weighted by Gasteiger charge is 2.25. The maximum absolute atomic E-state index is 12.4. The van der Waals surface area contributed by atoms with Crippen LogP contribution in [0.1, 0.15) is 46.1 Å². The second kappa shape index (κ2) is 9.18. The van der Waals surface area contributed by atoms with E-state index in [1.165, 1.54) is 0 Å². The largest absolute Gasteiger partial charge is 0.497 e. The summed E-state index contributed by atoms with van der Waals surface area (Å²) in [6, 6.07) is 7.14. The van der Waals surface area contributed by atoms with Gasteiger partial charge in [-0.3, -0.25) is 9.59 Å². The smallest absolute Gasteiger partial charge is 0.242 e. The van der Waals surface area contributed by atoms with Crippen LogP contribution in [0.3, 0.4) is 0 Å². The number of nitrogens with zero attached hydrogens (tertiary/aromatic N) is 1. The second-order valence-corrected chi connectivity index (χ2v) is 5.72. The molecule has 0 bridgehead atoms. The molecule has 0 saturated carbocycles. The molecule has 2 unspecified atom stereocenters. The molecule has 1 rings (SSSR count). The fourth-order valence-electron chi connectivity index (χ4n) is 2.22. The molecular weight excluding hydrogens is 292 g/mol. The summed E-state index contributed by atoms with van der Waals surface area (Å²) < 4.78 is 5.22. The molecule has 0 spiro atoms. The maximum atomic E-state index is 12.4. The normalized spacial score (nSPS) is 13.1. The standard InChI is InChI=1S/C18H28N2O3/c1-6-13(3)19-18(22)14(4)20(17(21)7-2)12-15-9-8-10-16(11-15)23-5/h8-11,13-14H,6-7,12H2,1-5H3,(H,19,22). The van der Waals surface area contributed by atoms with E-state index in [1.54, 1.807) is 25.9 Å². The Balaban J connectivity index is 2.91. The predicted octanol–water partition coefficient (Wildman–Crippen LogP) is 2.74. The van der Waals surface area contributed by atoms with Gasteiger partial charge in [-0.25, -0.2) is 0 Å². The Morgan fingerprint density at radius 3 is 2.52 bits per heavy atom. The van der Waals surface area contributed by atoms with E-state index in [-0.39, 0.29) is 17.9 Å². The Hall–Kier alpha value is -2.04. The molecule has 128 valence electrons. The van der Waals surface area contributed by atoms with Crippen molar-refractivity contribution in [2.45, 2.75) is 59.2 Å². The topological polar surface area (TPSA) is 58.6 Å². The molecule has 2 amide bonds. The lowest BCUT2D eigenvalue weighted by Crippen LogP contribution is -2.49. The summed E-state index contributed by atoms with van der Waals surface area (Å²) >= 11 is 0. The van der Waals surface area contributed by atoms with Crippen molar-refractivity contribution in [1.82, 2.24) is 10.2 Å². The molecule has 5 nitrogen and oxygen atoms in total. The zero-order chi connectivity index (χ0) is 17.4. The van der Waals surface area contributed by atoms with E-state index in [2.05, 4.69) is 5.32 Å². The summed E-state index contributed by atoms with van der Waals surface area (Å²) in [7, 11) is 1.61. The Bertz CT molecular complexity index is 531. The molecular formula is C18H28N2O3. The van der Waals surface area contributed by atoms with Gasteiger partial charge in [-0.15, -0.1) is 0 Å². The van der Waals surface area contributed by atoms with Gasteiger partial charge in [0.2, 0.25) is 11.8 Å². The van der Waals surface area contributed by atoms with Gasteiger partial charge in [0.25, 0.3) is 0 Å². The fraction of sp³-hybridized carbons (Fsp3) is 0.556. The van der Waals surface area contributed by atoms with Gasteiger partial charge in [0.1, 0.15) is 11.8 Å². The number of rotatable bonds is 8. The number of hydrogen-bond acceptors (Lipinski definition) is 3. The van der Waals surface area contributed by atoms with Crippen LogP contribution in [0.4, 0.5) is 0 Å². The molecule has 0 aliphatic carbocycles. The van der Waals surface area contributed by atoms with E-state index in [0.717, 1.165) is 17.7 Å². The molecule has 1 aromatic rings. The summed E-state index contributed by atoms with van der Waals surface area (Å²) in [6.45, 7) is 7.93. The fourth-order valence-corrected chi connectivity index (χ4v) is 2.22. The summed E-state index contributed by atoms with van der Waals surface area (Å²) in [5, 5.41) is 2.94. The van der Waals surface area contributed by atoms with E-state index in [1.807, 2.05) is 38.1 Å². The van der Waals surface area contributed by atoms with Crippen molar-refractivity contribution in [2.24, 2.45) is 0 Å². The van der Waals surface area contributed by atoms with Crippen LogP contribution in [0.15, 0.2) is 24.3 Å². The molecule has 0 saturated heterocycles. The van der Waals surface area contributed by atoms with Gasteiger partial charge in [0.05, 0.1) is 7.11 Å². The Kier molecular flexibility index (Phi) is 7.59. The molecule has 0 aromatic heterocycles. The highest BCUT2D eigenvalue weighted by molar-refractivity contribution is 5.87. The average molecular weight is 320 g/mol. The van der Waals surface area contributed by atoms with Crippen LogP contribution in [0.5, 0.6) is 5.75 Å². The van der Waals surface area contributed by atoms with E-state index in [4.69, 9.17) is 4.74 Å². The number of ether oxygens (including phenoxy) is 1. The van der Waals surface area contributed by atoms with Gasteiger partial charge >= 0.3 is 0 Å². The lowest BCUT2D eigenvalue weighted by atomic mass is 10.1. The summed E-state index contributed by atoms with van der Waals surface area (Å²) in [6.07, 6.45) is 1.22. The third-order valence-electron chi connectivity index (χ3n) is 3.96. The van der Waals surface area contributed by atoms with Crippen LogP contribution in [0, 0.1) is 0 Å². The first kappa shape index (κ1) is 19.0. The lowest BCUT2D eigenvalue weighted by Gasteiger charge is -2.29. The van der Waals surface area contributed by atoms with Crippen molar-refractivity contribution < 1.29 is 14.3 Å². The molecule has 23 heavy (non-hydrogen) atoms. The minimum atomic E-state index is -0.511. The zero-order valence-corrected chi connectivity index (χ0v) is 14.8. The van der Waals surface area contributed by atoms with Crippen molar-refractivity contribution in [3.8, 4) is 5.75 Å². The SMILES string of the molecule is CCC(=O)N(Cc1cccc(OC)c1)C(C)C(=O)NC(C)CC. The highest BCUT2D eigenvalue weighted by Crippen LogP contribution is 2.16. The van der Waals surface area contributed by atoms with Gasteiger partial charge in [0.15, 0.2) is 0 Å². The number of nitrogens with one attached hydrogen (secondary N) is 1. The molecule has 0 radical (unpaired) electrons. The second-order valence-electron chi connectivity index (χ2n) is 5.72. The number of carbonyl (C=O) groups excluding carboxylic acids is 2. The van der Waals surface area contributed by atoms with Crippen molar-refractivity contribution in [3.63, 3.8) is 0 Å². The summed E-state index contributed by atoms with van der Waals surface area (Å²) in [4.78, 5) is 26.3. The molecule has 5 heteroatoms. The van der Waals surface area contributed by atoms with Gasteiger partial charge < -0.3 is 15.0 Å². The molecule has 1 aromatic carbocycles. The van der Waals surface area contributed by atoms with E-state index in [9.17, 15) is 9.59 Å². The number of carbonyl (C=O) groups is 2. The maximum Gasteiger partial charge on any atom is 0.242 e. The molecule has 0 heterocycles. The van der Waals surface area contributed by atoms with Crippen molar-refractivity contribution in [3.05, 3.63) is 29.8 Å². The van der Waals surface area contributed by atoms with Crippen molar-refractivity contribution >= 4 is 11.8 Å². The molecule has 1 N–H and O–H groups in total. The quantitative estimate of drug-likeness (QED) is 0.801. The minimum Gasteiger partial charge on any atom is -0.497 e. The first-order valence-electron chi connectivity index (χ1n) is 8.15.